The van der Waals surface area contributed by atoms with Gasteiger partial charge in [0.25, 0.3) is 0 Å². The van der Waals surface area contributed by atoms with Gasteiger partial charge >= 0.3 is 0 Å². The van der Waals surface area contributed by atoms with Gasteiger partial charge in [-0.2, -0.15) is 4.98 Å². The summed E-state index contributed by atoms with van der Waals surface area (Å²) in [6.45, 7) is 2.35. The normalized spacial score (nSPS) is 10.7. The van der Waals surface area contributed by atoms with Gasteiger partial charge in [-0.25, -0.2) is 0 Å². The molecule has 90 valence electrons. The van der Waals surface area contributed by atoms with Crippen LogP contribution in [0.15, 0.2) is 47.0 Å². The van der Waals surface area contributed by atoms with E-state index < -0.39 is 0 Å². The fourth-order valence-corrected chi connectivity index (χ4v) is 1.89. The van der Waals surface area contributed by atoms with Gasteiger partial charge in [0.2, 0.25) is 5.89 Å². The van der Waals surface area contributed by atoms with E-state index in [1.165, 1.54) is 10.8 Å². The standard InChI is InChI=1S/C14H13N3O/c1-10-16-14(17-18-10)9-15-13-7-6-11-4-2-3-5-12(11)8-13/h2-8,15H,9H2,1H3. The number of aromatic nitrogens is 2. The number of anilines is 1. The molecule has 3 rings (SSSR count). The lowest BCUT2D eigenvalue weighted by molar-refractivity contribution is 0.388. The lowest BCUT2D eigenvalue weighted by Gasteiger charge is -2.05. The van der Waals surface area contributed by atoms with Crippen LogP contribution < -0.4 is 5.32 Å². The Morgan fingerprint density at radius 2 is 1.94 bits per heavy atom. The maximum Gasteiger partial charge on any atom is 0.223 e. The van der Waals surface area contributed by atoms with Crippen LogP contribution in [-0.2, 0) is 6.54 Å². The summed E-state index contributed by atoms with van der Waals surface area (Å²) in [6, 6.07) is 14.5. The highest BCUT2D eigenvalue weighted by atomic mass is 16.5. The highest BCUT2D eigenvalue weighted by molar-refractivity contribution is 5.85. The third-order valence-electron chi connectivity index (χ3n) is 2.77. The number of nitrogens with zero attached hydrogens (tertiary/aromatic N) is 2. The van der Waals surface area contributed by atoms with E-state index in [9.17, 15) is 0 Å². The smallest absolute Gasteiger partial charge is 0.223 e. The van der Waals surface area contributed by atoms with Crippen LogP contribution in [0.3, 0.4) is 0 Å². The molecule has 0 radical (unpaired) electrons. The maximum absolute atomic E-state index is 4.92. The Kier molecular flexibility index (Phi) is 2.68. The fraction of sp³-hybridized carbons (Fsp3) is 0.143. The van der Waals surface area contributed by atoms with E-state index in [0.29, 0.717) is 18.3 Å². The van der Waals surface area contributed by atoms with Crippen molar-refractivity contribution in [3.05, 3.63) is 54.2 Å². The minimum absolute atomic E-state index is 0.565. The molecule has 2 aromatic carbocycles. The monoisotopic (exact) mass is 239 g/mol. The van der Waals surface area contributed by atoms with Crippen LogP contribution in [0.5, 0.6) is 0 Å². The minimum atomic E-state index is 0.565. The summed E-state index contributed by atoms with van der Waals surface area (Å²) in [5.41, 5.74) is 1.05. The largest absolute Gasteiger partial charge is 0.378 e. The van der Waals surface area contributed by atoms with Crippen molar-refractivity contribution in [3.8, 4) is 0 Å². The van der Waals surface area contributed by atoms with Gasteiger partial charge in [0, 0.05) is 12.6 Å². The maximum atomic E-state index is 4.92. The Balaban J connectivity index is 1.78. The van der Waals surface area contributed by atoms with Gasteiger partial charge < -0.3 is 9.84 Å². The highest BCUT2D eigenvalue weighted by Crippen LogP contribution is 2.19. The zero-order valence-corrected chi connectivity index (χ0v) is 10.1. The number of nitrogens with one attached hydrogen (secondary N) is 1. The number of benzene rings is 2. The Hall–Kier alpha value is -2.36. The van der Waals surface area contributed by atoms with Crippen LogP contribution in [0.2, 0.25) is 0 Å². The first-order chi connectivity index (χ1) is 8.81. The third-order valence-corrected chi connectivity index (χ3v) is 2.77. The molecule has 0 aliphatic rings. The van der Waals surface area contributed by atoms with Crippen molar-refractivity contribution in [2.45, 2.75) is 13.5 Å². The van der Waals surface area contributed by atoms with E-state index in [0.717, 1.165) is 5.69 Å². The molecule has 0 saturated carbocycles. The second-order valence-electron chi connectivity index (χ2n) is 4.15. The lowest BCUT2D eigenvalue weighted by atomic mass is 10.1. The Bertz CT molecular complexity index is 675. The first kappa shape index (κ1) is 10.8. The predicted octanol–water partition coefficient (Wildman–Crippen LogP) is 3.14. The number of aryl methyl sites for hydroxylation is 1. The highest BCUT2D eigenvalue weighted by Gasteiger charge is 2.02. The molecule has 0 fully saturated rings. The Morgan fingerprint density at radius 3 is 2.72 bits per heavy atom. The zero-order valence-electron chi connectivity index (χ0n) is 10.1. The van der Waals surface area contributed by atoms with Gasteiger partial charge in [-0.15, -0.1) is 0 Å². The fourth-order valence-electron chi connectivity index (χ4n) is 1.89. The summed E-state index contributed by atoms with van der Waals surface area (Å²) in [5.74, 6) is 1.26. The van der Waals surface area contributed by atoms with Crippen LogP contribution in [-0.4, -0.2) is 10.1 Å². The second kappa shape index (κ2) is 4.49. The number of hydrogen-bond donors (Lipinski definition) is 1. The molecule has 0 spiro atoms. The first-order valence-electron chi connectivity index (χ1n) is 5.83. The van der Waals surface area contributed by atoms with Crippen LogP contribution in [0.25, 0.3) is 10.8 Å². The summed E-state index contributed by atoms with van der Waals surface area (Å²) < 4.78 is 4.92. The third kappa shape index (κ3) is 2.18. The molecule has 0 unspecified atom stereocenters. The van der Waals surface area contributed by atoms with Crippen molar-refractivity contribution in [2.75, 3.05) is 5.32 Å². The molecule has 0 saturated heterocycles. The molecule has 4 heteroatoms. The van der Waals surface area contributed by atoms with Crippen molar-refractivity contribution in [2.24, 2.45) is 0 Å². The zero-order chi connectivity index (χ0) is 12.4. The van der Waals surface area contributed by atoms with Crippen molar-refractivity contribution >= 4 is 16.5 Å². The molecule has 4 nitrogen and oxygen atoms in total. The van der Waals surface area contributed by atoms with Crippen molar-refractivity contribution in [1.29, 1.82) is 0 Å². The van der Waals surface area contributed by atoms with Gasteiger partial charge in [-0.05, 0) is 22.9 Å². The summed E-state index contributed by atoms with van der Waals surface area (Å²) in [7, 11) is 0. The topological polar surface area (TPSA) is 51.0 Å². The van der Waals surface area contributed by atoms with Crippen LogP contribution in [0, 0.1) is 6.92 Å². The molecule has 0 atom stereocenters. The molecule has 1 N–H and O–H groups in total. The molecule has 0 aliphatic carbocycles. The molecule has 18 heavy (non-hydrogen) atoms. The first-order valence-corrected chi connectivity index (χ1v) is 5.83. The Labute approximate surface area is 105 Å². The van der Waals surface area contributed by atoms with Gasteiger partial charge in [0.15, 0.2) is 5.82 Å². The quantitative estimate of drug-likeness (QED) is 0.762. The van der Waals surface area contributed by atoms with Gasteiger partial charge in [0.05, 0.1) is 6.54 Å². The van der Waals surface area contributed by atoms with E-state index in [-0.39, 0.29) is 0 Å². The summed E-state index contributed by atoms with van der Waals surface area (Å²) in [5, 5.41) is 9.58. The molecule has 1 heterocycles. The van der Waals surface area contributed by atoms with Crippen molar-refractivity contribution in [3.63, 3.8) is 0 Å². The van der Waals surface area contributed by atoms with Gasteiger partial charge in [0.1, 0.15) is 0 Å². The van der Waals surface area contributed by atoms with E-state index in [2.05, 4.69) is 45.8 Å². The predicted molar refractivity (Wildman–Crippen MR) is 70.3 cm³/mol. The Morgan fingerprint density at radius 1 is 1.11 bits per heavy atom. The number of rotatable bonds is 3. The lowest BCUT2D eigenvalue weighted by Crippen LogP contribution is -2.01. The van der Waals surface area contributed by atoms with E-state index in [4.69, 9.17) is 4.52 Å². The number of hydrogen-bond acceptors (Lipinski definition) is 4. The molecule has 3 aromatic rings. The summed E-state index contributed by atoms with van der Waals surface area (Å²) in [4.78, 5) is 4.15. The van der Waals surface area contributed by atoms with Crippen molar-refractivity contribution in [1.82, 2.24) is 10.1 Å². The minimum Gasteiger partial charge on any atom is -0.378 e. The average Bonchev–Trinajstić information content (AvgIpc) is 2.82. The number of fused-ring (bicyclic) bond motifs is 1. The molecular weight excluding hydrogens is 226 g/mol. The van der Waals surface area contributed by atoms with Gasteiger partial charge in [-0.1, -0.05) is 35.5 Å². The summed E-state index contributed by atoms with van der Waals surface area (Å²) >= 11 is 0. The van der Waals surface area contributed by atoms with Crippen molar-refractivity contribution < 1.29 is 4.52 Å². The molecule has 0 bridgehead atoms. The van der Waals surface area contributed by atoms with E-state index in [1.807, 2.05) is 12.1 Å². The van der Waals surface area contributed by atoms with Crippen LogP contribution in [0.4, 0.5) is 5.69 Å². The van der Waals surface area contributed by atoms with Crippen LogP contribution in [0.1, 0.15) is 11.7 Å². The second-order valence-corrected chi connectivity index (χ2v) is 4.15. The average molecular weight is 239 g/mol. The van der Waals surface area contributed by atoms with Crippen LogP contribution >= 0.6 is 0 Å². The molecular formula is C14H13N3O. The molecule has 0 aliphatic heterocycles. The SMILES string of the molecule is Cc1nc(CNc2ccc3ccccc3c2)no1. The van der Waals surface area contributed by atoms with E-state index >= 15 is 0 Å². The summed E-state index contributed by atoms with van der Waals surface area (Å²) in [6.07, 6.45) is 0. The molecule has 0 amide bonds. The van der Waals surface area contributed by atoms with Gasteiger partial charge in [-0.3, -0.25) is 0 Å². The molecule has 1 aromatic heterocycles. The van der Waals surface area contributed by atoms with E-state index in [1.54, 1.807) is 6.92 Å².